The molecule has 3 N–H and O–H groups in total. The topological polar surface area (TPSA) is 123 Å². The number of rotatable bonds is 8. The molecule has 1 heterocycles. The van der Waals surface area contributed by atoms with Crippen LogP contribution >= 0.6 is 0 Å². The van der Waals surface area contributed by atoms with Crippen molar-refractivity contribution >= 4 is 23.9 Å². The summed E-state index contributed by atoms with van der Waals surface area (Å²) in [5.41, 5.74) is -0.701. The van der Waals surface area contributed by atoms with Crippen molar-refractivity contribution in [3.63, 3.8) is 0 Å². The Morgan fingerprint density at radius 2 is 1.82 bits per heavy atom. The lowest BCUT2D eigenvalue weighted by atomic mass is 9.97. The fraction of sp³-hybridized carbons (Fsp3) is 0.789. The maximum atomic E-state index is 12.8. The summed E-state index contributed by atoms with van der Waals surface area (Å²) in [5.74, 6) is -1.55. The summed E-state index contributed by atoms with van der Waals surface area (Å²) < 4.78 is 9.99. The minimum Gasteiger partial charge on any atom is -0.467 e. The van der Waals surface area contributed by atoms with E-state index < -0.39 is 35.7 Å². The average Bonchev–Trinajstić information content (AvgIpc) is 2.95. The second kappa shape index (κ2) is 10.3. The smallest absolute Gasteiger partial charge is 0.408 e. The van der Waals surface area contributed by atoms with E-state index in [0.717, 1.165) is 0 Å². The molecule has 9 nitrogen and oxygen atoms in total. The number of methoxy groups -OCH3 is 1. The first-order valence-corrected chi connectivity index (χ1v) is 9.58. The van der Waals surface area contributed by atoms with Crippen molar-refractivity contribution in [2.45, 2.75) is 71.6 Å². The van der Waals surface area contributed by atoms with Gasteiger partial charge in [0.2, 0.25) is 11.8 Å². The van der Waals surface area contributed by atoms with Gasteiger partial charge in [0, 0.05) is 12.5 Å². The molecule has 1 saturated heterocycles. The van der Waals surface area contributed by atoms with Crippen molar-refractivity contribution in [1.29, 1.82) is 0 Å². The van der Waals surface area contributed by atoms with E-state index in [0.29, 0.717) is 19.4 Å². The lowest BCUT2D eigenvalue weighted by Crippen LogP contribution is -2.53. The third-order valence-corrected chi connectivity index (χ3v) is 4.20. The van der Waals surface area contributed by atoms with Gasteiger partial charge in [0.15, 0.2) is 0 Å². The van der Waals surface area contributed by atoms with Crippen LogP contribution in [-0.2, 0) is 23.9 Å². The molecule has 3 atom stereocenters. The highest BCUT2D eigenvalue weighted by molar-refractivity contribution is 5.90. The fourth-order valence-electron chi connectivity index (χ4n) is 2.94. The zero-order chi connectivity index (χ0) is 21.5. The Labute approximate surface area is 166 Å². The van der Waals surface area contributed by atoms with Crippen molar-refractivity contribution in [2.75, 3.05) is 13.7 Å². The highest BCUT2D eigenvalue weighted by atomic mass is 16.6. The molecule has 0 aromatic heterocycles. The Kier molecular flexibility index (Phi) is 8.71. The Balaban J connectivity index is 2.83. The van der Waals surface area contributed by atoms with E-state index in [1.807, 2.05) is 13.8 Å². The summed E-state index contributed by atoms with van der Waals surface area (Å²) >= 11 is 0. The summed E-state index contributed by atoms with van der Waals surface area (Å²) in [4.78, 5) is 48.8. The molecule has 9 heteroatoms. The average molecular weight is 399 g/mol. The molecule has 0 spiro atoms. The number of alkyl carbamates (subject to hydrolysis) is 1. The third kappa shape index (κ3) is 8.14. The van der Waals surface area contributed by atoms with Gasteiger partial charge in [-0.05, 0) is 46.0 Å². The van der Waals surface area contributed by atoms with Gasteiger partial charge in [0.1, 0.15) is 17.7 Å². The van der Waals surface area contributed by atoms with Gasteiger partial charge in [-0.3, -0.25) is 9.59 Å². The molecule has 0 aromatic rings. The molecule has 160 valence electrons. The fourth-order valence-corrected chi connectivity index (χ4v) is 2.94. The van der Waals surface area contributed by atoms with Crippen LogP contribution in [0, 0.1) is 11.8 Å². The molecule has 3 amide bonds. The Bertz CT molecular complexity index is 585. The predicted molar refractivity (Wildman–Crippen MR) is 102 cm³/mol. The molecule has 0 aliphatic carbocycles. The van der Waals surface area contributed by atoms with Gasteiger partial charge in [0.25, 0.3) is 0 Å². The molecular formula is C19H33N3O6. The van der Waals surface area contributed by atoms with Crippen LogP contribution in [0.2, 0.25) is 0 Å². The largest absolute Gasteiger partial charge is 0.467 e. The molecule has 1 aliphatic heterocycles. The van der Waals surface area contributed by atoms with Gasteiger partial charge < -0.3 is 25.4 Å². The van der Waals surface area contributed by atoms with Gasteiger partial charge in [-0.1, -0.05) is 13.8 Å². The molecule has 28 heavy (non-hydrogen) atoms. The van der Waals surface area contributed by atoms with Crippen LogP contribution < -0.4 is 16.0 Å². The van der Waals surface area contributed by atoms with Gasteiger partial charge in [-0.25, -0.2) is 9.59 Å². The number of ether oxygens (including phenoxy) is 2. The Hall–Kier alpha value is -2.32. The molecule has 0 saturated carbocycles. The molecule has 0 radical (unpaired) electrons. The maximum absolute atomic E-state index is 12.8. The number of amides is 3. The standard InChI is InChI=1S/C19H33N3O6/c1-11(2)9-13(22-18(26)28-19(3,4)5)16(24)21-14(17(25)27-6)10-12-7-8-20-15(12)23/h11-14H,7-10H2,1-6H3,(H,20,23)(H,21,24)(H,22,26)/t12-,13-,14-/m0/s1. The van der Waals surface area contributed by atoms with E-state index in [1.54, 1.807) is 20.8 Å². The lowest BCUT2D eigenvalue weighted by Gasteiger charge is -2.26. The third-order valence-electron chi connectivity index (χ3n) is 4.20. The molecule has 1 rings (SSSR count). The first kappa shape index (κ1) is 23.7. The second-order valence-corrected chi connectivity index (χ2v) is 8.43. The van der Waals surface area contributed by atoms with Crippen LogP contribution in [0.3, 0.4) is 0 Å². The summed E-state index contributed by atoms with van der Waals surface area (Å²) in [5, 5.41) is 7.89. The summed E-state index contributed by atoms with van der Waals surface area (Å²) in [6.07, 6.45) is 0.389. The van der Waals surface area contributed by atoms with Crippen molar-refractivity contribution in [3.05, 3.63) is 0 Å². The van der Waals surface area contributed by atoms with Crippen LogP contribution in [0.1, 0.15) is 53.9 Å². The number of carbonyl (C=O) groups excluding carboxylic acids is 4. The van der Waals surface area contributed by atoms with Crippen LogP contribution in [-0.4, -0.2) is 55.2 Å². The number of esters is 1. The minimum absolute atomic E-state index is 0.114. The van der Waals surface area contributed by atoms with Gasteiger partial charge >= 0.3 is 12.1 Å². The van der Waals surface area contributed by atoms with E-state index >= 15 is 0 Å². The summed E-state index contributed by atoms with van der Waals surface area (Å²) in [6, 6.07) is -1.85. The Morgan fingerprint density at radius 3 is 2.29 bits per heavy atom. The first-order valence-electron chi connectivity index (χ1n) is 9.58. The first-order chi connectivity index (χ1) is 12.9. The maximum Gasteiger partial charge on any atom is 0.408 e. The molecule has 1 fully saturated rings. The van der Waals surface area contributed by atoms with Crippen LogP contribution in [0.5, 0.6) is 0 Å². The van der Waals surface area contributed by atoms with Crippen LogP contribution in [0.25, 0.3) is 0 Å². The second-order valence-electron chi connectivity index (χ2n) is 8.43. The zero-order valence-electron chi connectivity index (χ0n) is 17.6. The van der Waals surface area contributed by atoms with E-state index in [-0.39, 0.29) is 24.2 Å². The summed E-state index contributed by atoms with van der Waals surface area (Å²) in [7, 11) is 1.22. The lowest BCUT2D eigenvalue weighted by molar-refractivity contribution is -0.146. The molecule has 0 unspecified atom stereocenters. The van der Waals surface area contributed by atoms with E-state index in [4.69, 9.17) is 9.47 Å². The van der Waals surface area contributed by atoms with Crippen molar-refractivity contribution in [2.24, 2.45) is 11.8 Å². The van der Waals surface area contributed by atoms with E-state index in [1.165, 1.54) is 7.11 Å². The van der Waals surface area contributed by atoms with Gasteiger partial charge in [-0.15, -0.1) is 0 Å². The van der Waals surface area contributed by atoms with E-state index in [2.05, 4.69) is 16.0 Å². The number of carbonyl (C=O) groups is 4. The molecular weight excluding hydrogens is 366 g/mol. The van der Waals surface area contributed by atoms with Gasteiger partial charge in [0.05, 0.1) is 7.11 Å². The highest BCUT2D eigenvalue weighted by Gasteiger charge is 2.34. The number of nitrogens with one attached hydrogen (secondary N) is 3. The molecule has 0 bridgehead atoms. The van der Waals surface area contributed by atoms with Crippen molar-refractivity contribution < 1.29 is 28.7 Å². The van der Waals surface area contributed by atoms with Crippen molar-refractivity contribution in [3.8, 4) is 0 Å². The highest BCUT2D eigenvalue weighted by Crippen LogP contribution is 2.17. The van der Waals surface area contributed by atoms with Crippen molar-refractivity contribution in [1.82, 2.24) is 16.0 Å². The number of hydrogen-bond donors (Lipinski definition) is 3. The van der Waals surface area contributed by atoms with Gasteiger partial charge in [-0.2, -0.15) is 0 Å². The van der Waals surface area contributed by atoms with Crippen LogP contribution in [0.4, 0.5) is 4.79 Å². The monoisotopic (exact) mass is 399 g/mol. The number of hydrogen-bond acceptors (Lipinski definition) is 6. The predicted octanol–water partition coefficient (Wildman–Crippen LogP) is 1.11. The van der Waals surface area contributed by atoms with Crippen LogP contribution in [0.15, 0.2) is 0 Å². The Morgan fingerprint density at radius 1 is 1.18 bits per heavy atom. The zero-order valence-corrected chi connectivity index (χ0v) is 17.6. The normalized spacial score (nSPS) is 18.8. The quantitative estimate of drug-likeness (QED) is 0.526. The SMILES string of the molecule is COC(=O)[C@H](C[C@@H]1CCNC1=O)NC(=O)[C@H](CC(C)C)NC(=O)OC(C)(C)C. The molecule has 1 aliphatic rings. The van der Waals surface area contributed by atoms with E-state index in [9.17, 15) is 19.2 Å². The molecule has 0 aromatic carbocycles. The minimum atomic E-state index is -0.971. The summed E-state index contributed by atoms with van der Waals surface area (Å²) in [6.45, 7) is 9.55.